The van der Waals surface area contributed by atoms with Crippen LogP contribution in [0.3, 0.4) is 0 Å². The van der Waals surface area contributed by atoms with E-state index in [1.54, 1.807) is 7.05 Å². The van der Waals surface area contributed by atoms with E-state index in [9.17, 15) is 4.79 Å². The van der Waals surface area contributed by atoms with Crippen molar-refractivity contribution in [3.8, 4) is 0 Å². The van der Waals surface area contributed by atoms with E-state index in [2.05, 4.69) is 26.3 Å². The molecule has 1 aromatic rings. The first kappa shape index (κ1) is 24.5. The van der Waals surface area contributed by atoms with Crippen LogP contribution in [0, 0.1) is 0 Å². The van der Waals surface area contributed by atoms with Crippen LogP contribution in [-0.2, 0) is 11.3 Å². The minimum Gasteiger partial charge on any atom is -0.382 e. The van der Waals surface area contributed by atoms with Crippen LogP contribution < -0.4 is 21.3 Å². The van der Waals surface area contributed by atoms with Gasteiger partial charge in [-0.05, 0) is 44.9 Å². The van der Waals surface area contributed by atoms with Crippen molar-refractivity contribution in [2.24, 2.45) is 4.99 Å². The molecule has 7 nitrogen and oxygen atoms in total. The Labute approximate surface area is 173 Å². The van der Waals surface area contributed by atoms with Gasteiger partial charge in [-0.2, -0.15) is 0 Å². The normalized spacial score (nSPS) is 10.9. The quantitative estimate of drug-likeness (QED) is 0.191. The SMILES string of the molecule is CCOCCCNC(=NC)NCc1ccc(NC(=O)NC(C)C)cc1.I. The molecule has 1 aromatic carbocycles. The van der Waals surface area contributed by atoms with Crippen LogP contribution >= 0.6 is 24.0 Å². The molecule has 0 aliphatic rings. The Kier molecular flexibility index (Phi) is 13.7. The van der Waals surface area contributed by atoms with Crippen LogP contribution in [0.1, 0.15) is 32.8 Å². The van der Waals surface area contributed by atoms with Gasteiger partial charge in [0.15, 0.2) is 5.96 Å². The summed E-state index contributed by atoms with van der Waals surface area (Å²) in [5, 5.41) is 12.1. The third-order valence-electron chi connectivity index (χ3n) is 3.28. The highest BCUT2D eigenvalue weighted by Gasteiger charge is 2.03. The number of hydrogen-bond donors (Lipinski definition) is 4. The summed E-state index contributed by atoms with van der Waals surface area (Å²) in [4.78, 5) is 15.9. The van der Waals surface area contributed by atoms with Gasteiger partial charge in [0.2, 0.25) is 0 Å². The molecule has 0 aromatic heterocycles. The van der Waals surface area contributed by atoms with E-state index in [1.165, 1.54) is 0 Å². The fraction of sp³-hybridized carbons (Fsp3) is 0.556. The van der Waals surface area contributed by atoms with E-state index in [1.807, 2.05) is 45.0 Å². The number of carbonyl (C=O) groups excluding carboxylic acids is 1. The van der Waals surface area contributed by atoms with E-state index in [4.69, 9.17) is 4.74 Å². The lowest BCUT2D eigenvalue weighted by molar-refractivity contribution is 0.145. The number of hydrogen-bond acceptors (Lipinski definition) is 3. The number of nitrogens with zero attached hydrogens (tertiary/aromatic N) is 1. The lowest BCUT2D eigenvalue weighted by Gasteiger charge is -2.13. The molecule has 0 aliphatic heterocycles. The topological polar surface area (TPSA) is 86.8 Å². The third-order valence-corrected chi connectivity index (χ3v) is 3.28. The molecule has 0 aliphatic carbocycles. The number of anilines is 1. The van der Waals surface area contributed by atoms with Gasteiger partial charge in [-0.1, -0.05) is 12.1 Å². The fourth-order valence-corrected chi connectivity index (χ4v) is 2.07. The lowest BCUT2D eigenvalue weighted by Crippen LogP contribution is -2.37. The van der Waals surface area contributed by atoms with Gasteiger partial charge in [0, 0.05) is 45.1 Å². The molecule has 0 atom stereocenters. The van der Waals surface area contributed by atoms with E-state index in [-0.39, 0.29) is 36.0 Å². The molecule has 0 radical (unpaired) electrons. The van der Waals surface area contributed by atoms with E-state index in [0.29, 0.717) is 6.54 Å². The summed E-state index contributed by atoms with van der Waals surface area (Å²) < 4.78 is 5.30. The summed E-state index contributed by atoms with van der Waals surface area (Å²) in [6.07, 6.45) is 0.938. The second kappa shape index (κ2) is 14.6. The van der Waals surface area contributed by atoms with Crippen molar-refractivity contribution in [2.75, 3.05) is 32.1 Å². The van der Waals surface area contributed by atoms with Crippen LogP contribution in [0.5, 0.6) is 0 Å². The Morgan fingerprint density at radius 3 is 2.46 bits per heavy atom. The molecule has 2 amide bonds. The smallest absolute Gasteiger partial charge is 0.319 e. The molecule has 0 fully saturated rings. The Morgan fingerprint density at radius 2 is 1.88 bits per heavy atom. The maximum Gasteiger partial charge on any atom is 0.319 e. The van der Waals surface area contributed by atoms with Crippen LogP contribution in [0.4, 0.5) is 10.5 Å². The van der Waals surface area contributed by atoms with Gasteiger partial charge in [-0.25, -0.2) is 4.79 Å². The fourth-order valence-electron chi connectivity index (χ4n) is 2.07. The standard InChI is InChI=1S/C18H31N5O2.HI/c1-5-25-12-6-11-20-17(19-4)21-13-15-7-9-16(10-8-15)23-18(24)22-14(2)3;/h7-10,14H,5-6,11-13H2,1-4H3,(H2,19,20,21)(H2,22,23,24);1H. The maximum atomic E-state index is 11.7. The number of nitrogens with one attached hydrogen (secondary N) is 4. The average molecular weight is 477 g/mol. The highest BCUT2D eigenvalue weighted by molar-refractivity contribution is 14.0. The van der Waals surface area contributed by atoms with Crippen LogP contribution in [0.15, 0.2) is 29.3 Å². The number of urea groups is 1. The summed E-state index contributed by atoms with van der Waals surface area (Å²) in [5.41, 5.74) is 1.87. The summed E-state index contributed by atoms with van der Waals surface area (Å²) in [7, 11) is 1.75. The van der Waals surface area contributed by atoms with Gasteiger partial charge < -0.3 is 26.0 Å². The molecule has 8 heteroatoms. The van der Waals surface area contributed by atoms with Gasteiger partial charge >= 0.3 is 6.03 Å². The first-order valence-corrected chi connectivity index (χ1v) is 8.73. The molecule has 26 heavy (non-hydrogen) atoms. The number of rotatable bonds is 9. The molecule has 0 unspecified atom stereocenters. The molecule has 148 valence electrons. The first-order valence-electron chi connectivity index (χ1n) is 8.73. The lowest BCUT2D eigenvalue weighted by atomic mass is 10.2. The zero-order valence-corrected chi connectivity index (χ0v) is 18.4. The summed E-state index contributed by atoms with van der Waals surface area (Å²) >= 11 is 0. The molecule has 0 saturated carbocycles. The van der Waals surface area contributed by atoms with Crippen LogP contribution in [-0.4, -0.2) is 44.8 Å². The highest BCUT2D eigenvalue weighted by atomic mass is 127. The summed E-state index contributed by atoms with van der Waals surface area (Å²) in [5.74, 6) is 0.759. The average Bonchev–Trinajstić information content (AvgIpc) is 2.58. The first-order chi connectivity index (χ1) is 12.0. The monoisotopic (exact) mass is 477 g/mol. The number of halogens is 1. The zero-order chi connectivity index (χ0) is 18.5. The molecule has 4 N–H and O–H groups in total. The van der Waals surface area contributed by atoms with E-state index in [0.717, 1.165) is 43.4 Å². The minimum atomic E-state index is -0.197. The largest absolute Gasteiger partial charge is 0.382 e. The van der Waals surface area contributed by atoms with Crippen molar-refractivity contribution in [3.05, 3.63) is 29.8 Å². The Bertz CT molecular complexity index is 535. The van der Waals surface area contributed by atoms with Crippen molar-refractivity contribution in [1.29, 1.82) is 0 Å². The number of benzene rings is 1. The van der Waals surface area contributed by atoms with Crippen LogP contribution in [0.2, 0.25) is 0 Å². The van der Waals surface area contributed by atoms with Crippen molar-refractivity contribution >= 4 is 41.7 Å². The van der Waals surface area contributed by atoms with Gasteiger partial charge in [-0.15, -0.1) is 24.0 Å². The number of guanidine groups is 1. The third kappa shape index (κ3) is 11.1. The van der Waals surface area contributed by atoms with Crippen molar-refractivity contribution < 1.29 is 9.53 Å². The minimum absolute atomic E-state index is 0. The molecule has 1 rings (SSSR count). The van der Waals surface area contributed by atoms with Gasteiger partial charge in [0.05, 0.1) is 0 Å². The van der Waals surface area contributed by atoms with E-state index < -0.39 is 0 Å². The predicted molar refractivity (Wildman–Crippen MR) is 118 cm³/mol. The predicted octanol–water partition coefficient (Wildman–Crippen LogP) is 2.93. The van der Waals surface area contributed by atoms with Gasteiger partial charge in [0.25, 0.3) is 0 Å². The van der Waals surface area contributed by atoms with Crippen molar-refractivity contribution in [1.82, 2.24) is 16.0 Å². The van der Waals surface area contributed by atoms with Crippen molar-refractivity contribution in [3.63, 3.8) is 0 Å². The Balaban J connectivity index is 0.00000625. The Morgan fingerprint density at radius 1 is 1.19 bits per heavy atom. The second-order valence-electron chi connectivity index (χ2n) is 5.85. The molecule has 0 spiro atoms. The number of ether oxygens (including phenoxy) is 1. The number of amides is 2. The molecular weight excluding hydrogens is 445 g/mol. The molecular formula is C18H32IN5O2. The second-order valence-corrected chi connectivity index (χ2v) is 5.85. The highest BCUT2D eigenvalue weighted by Crippen LogP contribution is 2.09. The van der Waals surface area contributed by atoms with Crippen LogP contribution in [0.25, 0.3) is 0 Å². The molecule has 0 heterocycles. The summed E-state index contributed by atoms with van der Waals surface area (Å²) in [6.45, 7) is 8.80. The number of carbonyl (C=O) groups is 1. The summed E-state index contributed by atoms with van der Waals surface area (Å²) in [6, 6.07) is 7.62. The van der Waals surface area contributed by atoms with Gasteiger partial charge in [-0.3, -0.25) is 4.99 Å². The van der Waals surface area contributed by atoms with E-state index >= 15 is 0 Å². The van der Waals surface area contributed by atoms with Crippen molar-refractivity contribution in [2.45, 2.75) is 39.8 Å². The molecule has 0 saturated heterocycles. The Hall–Kier alpha value is -1.55. The number of aliphatic imine (C=N–C) groups is 1. The zero-order valence-electron chi connectivity index (χ0n) is 16.1. The molecule has 0 bridgehead atoms. The maximum absolute atomic E-state index is 11.7. The van der Waals surface area contributed by atoms with Gasteiger partial charge in [0.1, 0.15) is 0 Å².